The molecule has 3 rings (SSSR count). The van der Waals surface area contributed by atoms with Crippen LogP contribution in [0.25, 0.3) is 4.96 Å². The van der Waals surface area contributed by atoms with Gasteiger partial charge >= 0.3 is 0 Å². The molecule has 0 aliphatic rings. The Balaban J connectivity index is 1.72. The Labute approximate surface area is 128 Å². The Kier molecular flexibility index (Phi) is 4.22. The molecule has 0 bridgehead atoms. The normalized spacial score (nSPS) is 11.1. The molecule has 3 aromatic rings. The monoisotopic (exact) mass is 301 g/mol. The van der Waals surface area contributed by atoms with E-state index in [-0.39, 0.29) is 6.61 Å². The largest absolute Gasteiger partial charge is 0.396 e. The van der Waals surface area contributed by atoms with E-state index in [9.17, 15) is 0 Å². The second-order valence-electron chi connectivity index (χ2n) is 5.08. The lowest BCUT2D eigenvalue weighted by molar-refractivity contribution is 0.288. The van der Waals surface area contributed by atoms with Crippen molar-refractivity contribution < 1.29 is 5.11 Å². The number of aliphatic hydroxyl groups is 1. The van der Waals surface area contributed by atoms with E-state index in [4.69, 9.17) is 5.11 Å². The van der Waals surface area contributed by atoms with Crippen molar-refractivity contribution >= 4 is 22.0 Å². The smallest absolute Gasteiger partial charge is 0.194 e. The molecule has 0 radical (unpaired) electrons. The van der Waals surface area contributed by atoms with E-state index in [1.807, 2.05) is 0 Å². The Morgan fingerprint density at radius 1 is 1.38 bits per heavy atom. The molecule has 0 atom stereocenters. The number of nitrogens with zero attached hydrogens (tertiary/aromatic N) is 2. The first kappa shape index (κ1) is 14.1. The van der Waals surface area contributed by atoms with Crippen molar-refractivity contribution in [2.75, 3.05) is 11.9 Å². The lowest BCUT2D eigenvalue weighted by Crippen LogP contribution is -2.04. The zero-order chi connectivity index (χ0) is 14.7. The number of anilines is 1. The van der Waals surface area contributed by atoms with Gasteiger partial charge in [0.2, 0.25) is 0 Å². The molecule has 110 valence electrons. The first-order chi connectivity index (χ1) is 10.3. The Morgan fingerprint density at radius 3 is 3.14 bits per heavy atom. The molecule has 0 unspecified atom stereocenters. The van der Waals surface area contributed by atoms with Gasteiger partial charge in [-0.15, -0.1) is 11.3 Å². The van der Waals surface area contributed by atoms with Crippen LogP contribution < -0.4 is 5.32 Å². The van der Waals surface area contributed by atoms with Gasteiger partial charge in [0.25, 0.3) is 0 Å². The maximum atomic E-state index is 8.91. The summed E-state index contributed by atoms with van der Waals surface area (Å²) in [6, 6.07) is 8.38. The van der Waals surface area contributed by atoms with Gasteiger partial charge in [0, 0.05) is 23.9 Å². The minimum absolute atomic E-state index is 0.239. The number of nitrogens with one attached hydrogen (secondary N) is 1. The summed E-state index contributed by atoms with van der Waals surface area (Å²) in [5.41, 5.74) is 4.63. The van der Waals surface area contributed by atoms with E-state index in [1.54, 1.807) is 11.3 Å². The molecule has 0 saturated heterocycles. The molecule has 21 heavy (non-hydrogen) atoms. The van der Waals surface area contributed by atoms with Crippen LogP contribution >= 0.6 is 11.3 Å². The first-order valence-corrected chi connectivity index (χ1v) is 8.00. The molecule has 5 heteroatoms. The number of thiazole rings is 1. The summed E-state index contributed by atoms with van der Waals surface area (Å²) in [7, 11) is 0. The third kappa shape index (κ3) is 3.09. The van der Waals surface area contributed by atoms with Crippen LogP contribution in [-0.2, 0) is 13.0 Å². The van der Waals surface area contributed by atoms with E-state index in [0.717, 1.165) is 35.7 Å². The average Bonchev–Trinajstić information content (AvgIpc) is 3.04. The highest BCUT2D eigenvalue weighted by Crippen LogP contribution is 2.19. The number of hydrogen-bond acceptors (Lipinski definition) is 4. The van der Waals surface area contributed by atoms with E-state index < -0.39 is 0 Å². The van der Waals surface area contributed by atoms with Crippen molar-refractivity contribution in [3.8, 4) is 0 Å². The summed E-state index contributed by atoms with van der Waals surface area (Å²) in [5, 5.41) is 14.4. The van der Waals surface area contributed by atoms with E-state index in [1.165, 1.54) is 11.3 Å². The number of aryl methyl sites for hydroxylation is 2. The second kappa shape index (κ2) is 6.28. The summed E-state index contributed by atoms with van der Waals surface area (Å²) in [5.74, 6) is 0. The first-order valence-electron chi connectivity index (χ1n) is 7.12. The zero-order valence-corrected chi connectivity index (χ0v) is 12.9. The minimum Gasteiger partial charge on any atom is -0.396 e. The predicted molar refractivity (Wildman–Crippen MR) is 87.0 cm³/mol. The molecule has 0 aliphatic heterocycles. The summed E-state index contributed by atoms with van der Waals surface area (Å²) >= 11 is 1.66. The molecule has 0 saturated carbocycles. The van der Waals surface area contributed by atoms with Crippen LogP contribution in [-0.4, -0.2) is 21.1 Å². The van der Waals surface area contributed by atoms with Crippen molar-refractivity contribution in [2.24, 2.45) is 0 Å². The fourth-order valence-corrected chi connectivity index (χ4v) is 3.24. The molecule has 0 spiro atoms. The molecule has 2 heterocycles. The van der Waals surface area contributed by atoms with Gasteiger partial charge in [-0.25, -0.2) is 4.98 Å². The Hall–Kier alpha value is -1.85. The van der Waals surface area contributed by atoms with Gasteiger partial charge in [-0.3, -0.25) is 4.40 Å². The lowest BCUT2D eigenvalue weighted by Gasteiger charge is -2.08. The number of imidazole rings is 1. The van der Waals surface area contributed by atoms with Gasteiger partial charge in [-0.2, -0.15) is 0 Å². The maximum absolute atomic E-state index is 8.91. The fraction of sp³-hybridized carbons (Fsp3) is 0.312. The second-order valence-corrected chi connectivity index (χ2v) is 5.95. The van der Waals surface area contributed by atoms with Gasteiger partial charge in [0.1, 0.15) is 0 Å². The van der Waals surface area contributed by atoms with E-state index in [2.05, 4.69) is 57.5 Å². The lowest BCUT2D eigenvalue weighted by atomic mass is 10.1. The highest BCUT2D eigenvalue weighted by molar-refractivity contribution is 7.15. The van der Waals surface area contributed by atoms with Gasteiger partial charge < -0.3 is 10.4 Å². The Bertz CT molecular complexity index is 732. The molecule has 0 aliphatic carbocycles. The zero-order valence-electron chi connectivity index (χ0n) is 12.0. The van der Waals surface area contributed by atoms with Crippen LogP contribution in [0.1, 0.15) is 23.4 Å². The van der Waals surface area contributed by atoms with Crippen LogP contribution in [0.5, 0.6) is 0 Å². The van der Waals surface area contributed by atoms with Gasteiger partial charge in [-0.05, 0) is 37.5 Å². The molecule has 0 fully saturated rings. The highest BCUT2D eigenvalue weighted by atomic mass is 32.1. The summed E-state index contributed by atoms with van der Waals surface area (Å²) in [4.78, 5) is 5.60. The Morgan fingerprint density at radius 2 is 2.29 bits per heavy atom. The molecular formula is C16H19N3OS. The van der Waals surface area contributed by atoms with E-state index in [0.29, 0.717) is 0 Å². The van der Waals surface area contributed by atoms with Crippen molar-refractivity contribution in [1.82, 2.24) is 9.38 Å². The number of benzene rings is 1. The highest BCUT2D eigenvalue weighted by Gasteiger charge is 2.09. The maximum Gasteiger partial charge on any atom is 0.194 e. The van der Waals surface area contributed by atoms with Crippen LogP contribution in [0.3, 0.4) is 0 Å². The molecule has 4 nitrogen and oxygen atoms in total. The third-order valence-electron chi connectivity index (χ3n) is 3.57. The van der Waals surface area contributed by atoms with Crippen molar-refractivity contribution in [1.29, 1.82) is 0 Å². The third-order valence-corrected chi connectivity index (χ3v) is 4.33. The number of rotatable bonds is 6. The van der Waals surface area contributed by atoms with Crippen LogP contribution in [0.2, 0.25) is 0 Å². The van der Waals surface area contributed by atoms with Gasteiger partial charge in [-0.1, -0.05) is 12.1 Å². The molecule has 1 aromatic carbocycles. The van der Waals surface area contributed by atoms with Crippen molar-refractivity contribution in [3.05, 3.63) is 52.8 Å². The molecule has 2 aromatic heterocycles. The molecular weight excluding hydrogens is 282 g/mol. The van der Waals surface area contributed by atoms with Crippen LogP contribution in [0, 0.1) is 6.92 Å². The molecule has 2 N–H and O–H groups in total. The standard InChI is InChI=1S/C16H19N3OS/c1-12-15(19-7-9-21-16(19)18-12)11-17-14-6-2-4-13(10-14)5-3-8-20/h2,4,6-7,9-10,17,20H,3,5,8,11H2,1H3. The predicted octanol–water partition coefficient (Wildman–Crippen LogP) is 3.24. The van der Waals surface area contributed by atoms with Crippen LogP contribution in [0.15, 0.2) is 35.8 Å². The van der Waals surface area contributed by atoms with Gasteiger partial charge in [0.05, 0.1) is 17.9 Å². The quantitative estimate of drug-likeness (QED) is 0.735. The average molecular weight is 301 g/mol. The van der Waals surface area contributed by atoms with Crippen LogP contribution in [0.4, 0.5) is 5.69 Å². The van der Waals surface area contributed by atoms with Gasteiger partial charge in [0.15, 0.2) is 4.96 Å². The SMILES string of the molecule is Cc1nc2sccn2c1CNc1cccc(CCCO)c1. The summed E-state index contributed by atoms with van der Waals surface area (Å²) in [6.07, 6.45) is 3.78. The van der Waals surface area contributed by atoms with E-state index >= 15 is 0 Å². The van der Waals surface area contributed by atoms with Crippen molar-refractivity contribution in [3.63, 3.8) is 0 Å². The summed E-state index contributed by atoms with van der Waals surface area (Å²) < 4.78 is 2.14. The number of hydrogen-bond donors (Lipinski definition) is 2. The summed E-state index contributed by atoms with van der Waals surface area (Å²) in [6.45, 7) is 3.05. The number of aliphatic hydroxyl groups excluding tert-OH is 1. The topological polar surface area (TPSA) is 49.6 Å². The fourth-order valence-electron chi connectivity index (χ4n) is 2.46. The number of fused-ring (bicyclic) bond motifs is 1. The number of aromatic nitrogens is 2. The van der Waals surface area contributed by atoms with Crippen molar-refractivity contribution in [2.45, 2.75) is 26.3 Å². The molecule has 0 amide bonds. The minimum atomic E-state index is 0.239.